The number of hydrogen-bond donors (Lipinski definition) is 0. The van der Waals surface area contributed by atoms with Crippen molar-refractivity contribution >= 4 is 0 Å². The number of benzene rings is 1. The molecule has 2 aromatic rings. The summed E-state index contributed by atoms with van der Waals surface area (Å²) in [5.74, 6) is 1.01. The molecule has 0 aliphatic carbocycles. The van der Waals surface area contributed by atoms with Crippen molar-refractivity contribution in [1.29, 1.82) is 0 Å². The Morgan fingerprint density at radius 3 is 2.48 bits per heavy atom. The maximum atomic E-state index is 5.44. The van der Waals surface area contributed by atoms with Crippen molar-refractivity contribution in [3.05, 3.63) is 47.3 Å². The molecule has 4 heteroatoms. The van der Waals surface area contributed by atoms with E-state index < -0.39 is 0 Å². The molecule has 1 heterocycles. The topological polar surface area (TPSA) is 30.3 Å². The van der Waals surface area contributed by atoms with Gasteiger partial charge in [-0.25, -0.2) is 0 Å². The zero-order valence-electron chi connectivity index (χ0n) is 14.9. The van der Waals surface area contributed by atoms with Crippen molar-refractivity contribution in [2.45, 2.75) is 46.2 Å². The van der Waals surface area contributed by atoms with Crippen LogP contribution in [0.1, 0.15) is 36.0 Å². The van der Waals surface area contributed by atoms with Gasteiger partial charge in [0.25, 0.3) is 0 Å². The first kappa shape index (κ1) is 17.5. The van der Waals surface area contributed by atoms with Crippen molar-refractivity contribution in [1.82, 2.24) is 14.7 Å². The summed E-state index contributed by atoms with van der Waals surface area (Å²) in [5, 5.41) is 4.23. The molecule has 0 fully saturated rings. The van der Waals surface area contributed by atoms with E-state index in [4.69, 9.17) is 4.74 Å². The SMILES string of the molecule is COc1c(C)cc(CN(C)CCCCCn2cccn2)cc1C. The number of unbranched alkanes of at least 4 members (excludes halogenated alkanes) is 2. The third-order valence-electron chi connectivity index (χ3n) is 4.16. The van der Waals surface area contributed by atoms with Crippen molar-refractivity contribution in [3.63, 3.8) is 0 Å². The van der Waals surface area contributed by atoms with Crippen molar-refractivity contribution in [3.8, 4) is 5.75 Å². The molecule has 0 N–H and O–H groups in total. The van der Waals surface area contributed by atoms with Gasteiger partial charge in [-0.05, 0) is 63.0 Å². The summed E-state index contributed by atoms with van der Waals surface area (Å²) in [4.78, 5) is 2.40. The van der Waals surface area contributed by atoms with Crippen molar-refractivity contribution in [2.75, 3.05) is 20.7 Å². The van der Waals surface area contributed by atoms with Gasteiger partial charge < -0.3 is 9.64 Å². The van der Waals surface area contributed by atoms with Gasteiger partial charge >= 0.3 is 0 Å². The summed E-state index contributed by atoms with van der Waals surface area (Å²) in [5.41, 5.74) is 3.80. The molecule has 0 atom stereocenters. The molecule has 0 unspecified atom stereocenters. The monoisotopic (exact) mass is 315 g/mol. The summed E-state index contributed by atoms with van der Waals surface area (Å²) in [6, 6.07) is 6.45. The van der Waals surface area contributed by atoms with Crippen LogP contribution >= 0.6 is 0 Å². The predicted octanol–water partition coefficient (Wildman–Crippen LogP) is 3.81. The van der Waals surface area contributed by atoms with Gasteiger partial charge in [0.05, 0.1) is 7.11 Å². The Bertz CT molecular complexity index is 570. The lowest BCUT2D eigenvalue weighted by Crippen LogP contribution is -2.19. The molecule has 1 aromatic carbocycles. The van der Waals surface area contributed by atoms with Crippen LogP contribution in [-0.4, -0.2) is 35.4 Å². The van der Waals surface area contributed by atoms with Crippen LogP contribution in [0.5, 0.6) is 5.75 Å². The molecular weight excluding hydrogens is 286 g/mol. The standard InChI is InChI=1S/C19H29N3O/c1-16-13-18(14-17(2)19(16)23-4)15-21(3)10-6-5-7-11-22-12-8-9-20-22/h8-9,12-14H,5-7,10-11,15H2,1-4H3. The molecule has 126 valence electrons. The van der Waals surface area contributed by atoms with E-state index in [1.165, 1.54) is 36.0 Å². The third kappa shape index (κ3) is 5.39. The lowest BCUT2D eigenvalue weighted by Gasteiger charge is -2.18. The quantitative estimate of drug-likeness (QED) is 0.659. The minimum absolute atomic E-state index is 0.991. The Balaban J connectivity index is 1.71. The molecule has 0 saturated heterocycles. The zero-order chi connectivity index (χ0) is 16.7. The zero-order valence-corrected chi connectivity index (χ0v) is 14.9. The van der Waals surface area contributed by atoms with Crippen molar-refractivity contribution < 1.29 is 4.74 Å². The Morgan fingerprint density at radius 1 is 1.13 bits per heavy atom. The molecule has 1 aromatic heterocycles. The van der Waals surface area contributed by atoms with Crippen LogP contribution < -0.4 is 4.74 Å². The third-order valence-corrected chi connectivity index (χ3v) is 4.16. The van der Waals surface area contributed by atoms with Gasteiger partial charge in [-0.3, -0.25) is 4.68 Å². The second kappa shape index (κ2) is 8.73. The predicted molar refractivity (Wildman–Crippen MR) is 94.9 cm³/mol. The number of methoxy groups -OCH3 is 1. The van der Waals surface area contributed by atoms with E-state index in [1.807, 2.05) is 23.1 Å². The van der Waals surface area contributed by atoms with Gasteiger partial charge in [0, 0.05) is 25.5 Å². The number of hydrogen-bond acceptors (Lipinski definition) is 3. The number of aromatic nitrogens is 2. The second-order valence-corrected chi connectivity index (χ2v) is 6.33. The van der Waals surface area contributed by atoms with E-state index in [9.17, 15) is 0 Å². The molecule has 0 spiro atoms. The Labute approximate surface area is 140 Å². The Kier molecular flexibility index (Phi) is 6.66. The Morgan fingerprint density at radius 2 is 1.87 bits per heavy atom. The summed E-state index contributed by atoms with van der Waals surface area (Å²) >= 11 is 0. The summed E-state index contributed by atoms with van der Waals surface area (Å²) in [6.07, 6.45) is 7.53. The largest absolute Gasteiger partial charge is 0.496 e. The van der Waals surface area contributed by atoms with E-state index in [0.717, 1.165) is 25.4 Å². The van der Waals surface area contributed by atoms with Crippen LogP contribution in [-0.2, 0) is 13.1 Å². The summed E-state index contributed by atoms with van der Waals surface area (Å²) in [6.45, 7) is 7.37. The molecule has 0 bridgehead atoms. The lowest BCUT2D eigenvalue weighted by molar-refractivity contribution is 0.315. The minimum atomic E-state index is 0.991. The van der Waals surface area contributed by atoms with Crippen LogP contribution in [0.25, 0.3) is 0 Å². The fraction of sp³-hybridized carbons (Fsp3) is 0.526. The fourth-order valence-electron chi connectivity index (χ4n) is 3.11. The highest BCUT2D eigenvalue weighted by atomic mass is 16.5. The molecule has 0 aliphatic rings. The highest BCUT2D eigenvalue weighted by molar-refractivity contribution is 5.43. The number of ether oxygens (including phenoxy) is 1. The minimum Gasteiger partial charge on any atom is -0.496 e. The van der Waals surface area contributed by atoms with Crippen LogP contribution in [0.3, 0.4) is 0 Å². The lowest BCUT2D eigenvalue weighted by atomic mass is 10.1. The average Bonchev–Trinajstić information content (AvgIpc) is 3.00. The van der Waals surface area contributed by atoms with Gasteiger partial charge in [-0.15, -0.1) is 0 Å². The van der Waals surface area contributed by atoms with E-state index in [0.29, 0.717) is 0 Å². The summed E-state index contributed by atoms with van der Waals surface area (Å²) in [7, 11) is 3.94. The van der Waals surface area contributed by atoms with Crippen molar-refractivity contribution in [2.24, 2.45) is 0 Å². The van der Waals surface area contributed by atoms with Gasteiger partial charge in [-0.1, -0.05) is 18.6 Å². The summed E-state index contributed by atoms with van der Waals surface area (Å²) < 4.78 is 7.44. The molecular formula is C19H29N3O. The highest BCUT2D eigenvalue weighted by Crippen LogP contribution is 2.24. The van der Waals surface area contributed by atoms with Gasteiger partial charge in [0.1, 0.15) is 5.75 Å². The average molecular weight is 315 g/mol. The van der Waals surface area contributed by atoms with E-state index >= 15 is 0 Å². The number of nitrogens with zero attached hydrogens (tertiary/aromatic N) is 3. The molecule has 0 radical (unpaired) electrons. The van der Waals surface area contributed by atoms with Crippen LogP contribution in [0, 0.1) is 13.8 Å². The first-order chi connectivity index (χ1) is 11.1. The molecule has 2 rings (SSSR count). The van der Waals surface area contributed by atoms with Gasteiger partial charge in [0.15, 0.2) is 0 Å². The van der Waals surface area contributed by atoms with E-state index in [1.54, 1.807) is 7.11 Å². The molecule has 0 aliphatic heterocycles. The van der Waals surface area contributed by atoms with E-state index in [-0.39, 0.29) is 0 Å². The van der Waals surface area contributed by atoms with Crippen LogP contribution in [0.2, 0.25) is 0 Å². The number of rotatable bonds is 9. The smallest absolute Gasteiger partial charge is 0.124 e. The first-order valence-corrected chi connectivity index (χ1v) is 8.40. The fourth-order valence-corrected chi connectivity index (χ4v) is 3.11. The van der Waals surface area contributed by atoms with Gasteiger partial charge in [-0.2, -0.15) is 5.10 Å². The highest BCUT2D eigenvalue weighted by Gasteiger charge is 2.07. The maximum Gasteiger partial charge on any atom is 0.124 e. The first-order valence-electron chi connectivity index (χ1n) is 8.40. The molecule has 4 nitrogen and oxygen atoms in total. The van der Waals surface area contributed by atoms with Crippen LogP contribution in [0.15, 0.2) is 30.6 Å². The maximum absolute atomic E-state index is 5.44. The molecule has 0 amide bonds. The molecule has 0 saturated carbocycles. The Hall–Kier alpha value is -1.81. The molecule has 23 heavy (non-hydrogen) atoms. The van der Waals surface area contributed by atoms with Crippen LogP contribution in [0.4, 0.5) is 0 Å². The van der Waals surface area contributed by atoms with Gasteiger partial charge in [0.2, 0.25) is 0 Å². The second-order valence-electron chi connectivity index (χ2n) is 6.33. The normalized spacial score (nSPS) is 11.2. The van der Waals surface area contributed by atoms with E-state index in [2.05, 4.69) is 43.0 Å². The number of aryl methyl sites for hydroxylation is 3.